The summed E-state index contributed by atoms with van der Waals surface area (Å²) >= 11 is 0. The fourth-order valence-corrected chi connectivity index (χ4v) is 2.78. The zero-order valence-corrected chi connectivity index (χ0v) is 13.8. The van der Waals surface area contributed by atoms with Gasteiger partial charge in [-0.3, -0.25) is 9.59 Å². The lowest BCUT2D eigenvalue weighted by molar-refractivity contribution is -0.128. The van der Waals surface area contributed by atoms with Crippen LogP contribution in [0.15, 0.2) is 34.9 Å². The van der Waals surface area contributed by atoms with Gasteiger partial charge in [0.05, 0.1) is 11.8 Å². The summed E-state index contributed by atoms with van der Waals surface area (Å²) in [7, 11) is 0. The number of nitrogens with one attached hydrogen (secondary N) is 2. The van der Waals surface area contributed by atoms with Crippen molar-refractivity contribution in [2.45, 2.75) is 38.1 Å². The van der Waals surface area contributed by atoms with Crippen LogP contribution in [0.2, 0.25) is 0 Å². The molecule has 25 heavy (non-hydrogen) atoms. The highest BCUT2D eigenvalue weighted by Crippen LogP contribution is 2.23. The summed E-state index contributed by atoms with van der Waals surface area (Å²) in [4.78, 5) is 28.0. The van der Waals surface area contributed by atoms with Gasteiger partial charge in [0.2, 0.25) is 11.8 Å². The quantitative estimate of drug-likeness (QED) is 0.870. The molecule has 3 rings (SSSR count). The van der Waals surface area contributed by atoms with Crippen molar-refractivity contribution in [2.75, 3.05) is 6.54 Å². The molecule has 0 aliphatic carbocycles. The lowest BCUT2D eigenvalue weighted by Crippen LogP contribution is -2.45. The Kier molecular flexibility index (Phi) is 5.42. The van der Waals surface area contributed by atoms with Crippen molar-refractivity contribution >= 4 is 11.8 Å². The highest BCUT2D eigenvalue weighted by molar-refractivity contribution is 5.87. The summed E-state index contributed by atoms with van der Waals surface area (Å²) in [6, 6.07) is 5.80. The van der Waals surface area contributed by atoms with Crippen molar-refractivity contribution in [2.24, 2.45) is 0 Å². The van der Waals surface area contributed by atoms with Crippen LogP contribution in [0.5, 0.6) is 0 Å². The third-order valence-electron chi connectivity index (χ3n) is 4.13. The minimum Gasteiger partial charge on any atom is -0.441 e. The fourth-order valence-electron chi connectivity index (χ4n) is 2.78. The van der Waals surface area contributed by atoms with Crippen LogP contribution in [0, 0.1) is 5.82 Å². The minimum atomic E-state index is -0.478. The molecule has 1 fully saturated rings. The Morgan fingerprint density at radius 1 is 1.36 bits per heavy atom. The van der Waals surface area contributed by atoms with Crippen LogP contribution in [0.3, 0.4) is 0 Å². The number of hydrogen-bond donors (Lipinski definition) is 2. The van der Waals surface area contributed by atoms with Gasteiger partial charge in [0, 0.05) is 19.4 Å². The molecule has 132 valence electrons. The summed E-state index contributed by atoms with van der Waals surface area (Å²) in [5, 5.41) is 5.53. The maximum atomic E-state index is 13.7. The number of aryl methyl sites for hydroxylation is 1. The van der Waals surface area contributed by atoms with Crippen LogP contribution in [0.1, 0.15) is 31.6 Å². The maximum Gasteiger partial charge on any atom is 0.242 e. The van der Waals surface area contributed by atoms with Gasteiger partial charge in [-0.05, 0) is 31.4 Å². The molecule has 2 N–H and O–H groups in total. The second-order valence-electron chi connectivity index (χ2n) is 6.01. The first-order valence-corrected chi connectivity index (χ1v) is 8.40. The summed E-state index contributed by atoms with van der Waals surface area (Å²) in [6.07, 6.45) is 4.36. The summed E-state index contributed by atoms with van der Waals surface area (Å²) in [6.45, 7) is 0.653. The zero-order chi connectivity index (χ0) is 17.6. The molecule has 1 aromatic heterocycles. The Hall–Kier alpha value is -2.70. The number of carbonyl (C=O) groups excluding carboxylic acids is 2. The molecule has 7 heteroatoms. The molecule has 1 aromatic carbocycles. The van der Waals surface area contributed by atoms with Crippen LogP contribution in [0.25, 0.3) is 11.3 Å². The van der Waals surface area contributed by atoms with Gasteiger partial charge in [-0.25, -0.2) is 9.37 Å². The van der Waals surface area contributed by atoms with E-state index >= 15 is 0 Å². The number of nitrogens with zero attached hydrogens (tertiary/aromatic N) is 1. The van der Waals surface area contributed by atoms with Crippen LogP contribution in [-0.4, -0.2) is 29.4 Å². The van der Waals surface area contributed by atoms with E-state index in [1.54, 1.807) is 18.2 Å². The van der Waals surface area contributed by atoms with Gasteiger partial charge in [-0.1, -0.05) is 12.1 Å². The van der Waals surface area contributed by atoms with Crippen LogP contribution < -0.4 is 10.6 Å². The average Bonchev–Trinajstić information content (AvgIpc) is 2.98. The first kappa shape index (κ1) is 17.1. The Balaban J connectivity index is 1.54. The number of hydrogen-bond acceptors (Lipinski definition) is 4. The van der Waals surface area contributed by atoms with Crippen molar-refractivity contribution in [3.05, 3.63) is 42.2 Å². The number of benzene rings is 1. The normalized spacial score (nSPS) is 17.6. The van der Waals surface area contributed by atoms with Gasteiger partial charge in [0.15, 0.2) is 11.7 Å². The van der Waals surface area contributed by atoms with E-state index in [2.05, 4.69) is 15.6 Å². The van der Waals surface area contributed by atoms with E-state index in [1.165, 1.54) is 12.3 Å². The Bertz CT molecular complexity index is 760. The largest absolute Gasteiger partial charge is 0.441 e. The number of rotatable bonds is 5. The molecule has 0 bridgehead atoms. The Morgan fingerprint density at radius 2 is 2.20 bits per heavy atom. The first-order valence-electron chi connectivity index (χ1n) is 8.40. The highest BCUT2D eigenvalue weighted by Gasteiger charge is 2.22. The minimum absolute atomic E-state index is 0.135. The predicted molar refractivity (Wildman–Crippen MR) is 89.0 cm³/mol. The standard InChI is InChI=1S/C18H20FN3O3/c19-13-6-2-1-5-12(13)15-11-21-17(25-15)9-8-16(23)22-14-7-3-4-10-20-18(14)24/h1-2,5-6,11,14H,3-4,7-10H2,(H,20,24)(H,22,23)/t14-/m0/s1. The van der Waals surface area contributed by atoms with Crippen molar-refractivity contribution in [1.29, 1.82) is 0 Å². The van der Waals surface area contributed by atoms with Gasteiger partial charge in [-0.15, -0.1) is 0 Å². The zero-order valence-electron chi connectivity index (χ0n) is 13.8. The number of amides is 2. The first-order chi connectivity index (χ1) is 12.1. The second kappa shape index (κ2) is 7.92. The molecular formula is C18H20FN3O3. The maximum absolute atomic E-state index is 13.7. The van der Waals surface area contributed by atoms with Gasteiger partial charge in [0.1, 0.15) is 11.9 Å². The second-order valence-corrected chi connectivity index (χ2v) is 6.01. The van der Waals surface area contributed by atoms with Gasteiger partial charge < -0.3 is 15.1 Å². The molecule has 0 unspecified atom stereocenters. The van der Waals surface area contributed by atoms with E-state index < -0.39 is 6.04 Å². The summed E-state index contributed by atoms with van der Waals surface area (Å²) < 4.78 is 19.3. The lowest BCUT2D eigenvalue weighted by atomic mass is 10.1. The molecule has 1 atom stereocenters. The number of oxazole rings is 1. The van der Waals surface area contributed by atoms with Gasteiger partial charge in [0.25, 0.3) is 0 Å². The van der Waals surface area contributed by atoms with E-state index in [0.29, 0.717) is 30.2 Å². The third-order valence-corrected chi connectivity index (χ3v) is 4.13. The van der Waals surface area contributed by atoms with Crippen LogP contribution in [-0.2, 0) is 16.0 Å². The molecule has 2 amide bonds. The molecule has 1 aliphatic rings. The van der Waals surface area contributed by atoms with Gasteiger partial charge in [-0.2, -0.15) is 0 Å². The molecular weight excluding hydrogens is 325 g/mol. The molecule has 2 aromatic rings. The highest BCUT2D eigenvalue weighted by atomic mass is 19.1. The molecule has 1 saturated heterocycles. The van der Waals surface area contributed by atoms with E-state index in [-0.39, 0.29) is 30.5 Å². The summed E-state index contributed by atoms with van der Waals surface area (Å²) in [5.41, 5.74) is 0.334. The van der Waals surface area contributed by atoms with Crippen LogP contribution in [0.4, 0.5) is 4.39 Å². The number of aromatic nitrogens is 1. The molecule has 2 heterocycles. The summed E-state index contributed by atoms with van der Waals surface area (Å²) in [5.74, 6) is -0.0609. The van der Waals surface area contributed by atoms with E-state index in [4.69, 9.17) is 4.42 Å². The molecule has 1 aliphatic heterocycles. The molecule has 6 nitrogen and oxygen atoms in total. The number of halogens is 1. The lowest BCUT2D eigenvalue weighted by Gasteiger charge is -2.14. The van der Waals surface area contributed by atoms with Crippen molar-refractivity contribution in [3.63, 3.8) is 0 Å². The van der Waals surface area contributed by atoms with Crippen molar-refractivity contribution in [1.82, 2.24) is 15.6 Å². The van der Waals surface area contributed by atoms with E-state index in [1.807, 2.05) is 0 Å². The monoisotopic (exact) mass is 345 g/mol. The van der Waals surface area contributed by atoms with E-state index in [9.17, 15) is 14.0 Å². The van der Waals surface area contributed by atoms with Crippen LogP contribution >= 0.6 is 0 Å². The average molecular weight is 345 g/mol. The Labute approximate surface area is 144 Å². The number of carbonyl (C=O) groups is 2. The fraction of sp³-hybridized carbons (Fsp3) is 0.389. The van der Waals surface area contributed by atoms with Gasteiger partial charge >= 0.3 is 0 Å². The molecule has 0 saturated carbocycles. The van der Waals surface area contributed by atoms with Crippen molar-refractivity contribution in [3.8, 4) is 11.3 Å². The van der Waals surface area contributed by atoms with E-state index in [0.717, 1.165) is 12.8 Å². The third kappa shape index (κ3) is 4.43. The SMILES string of the molecule is O=C(CCc1ncc(-c2ccccc2F)o1)N[C@H]1CCCCNC1=O. The predicted octanol–water partition coefficient (Wildman–Crippen LogP) is 2.20. The topological polar surface area (TPSA) is 84.2 Å². The van der Waals surface area contributed by atoms with Crippen molar-refractivity contribution < 1.29 is 18.4 Å². The molecule has 0 spiro atoms. The molecule has 0 radical (unpaired) electrons. The smallest absolute Gasteiger partial charge is 0.242 e. The Morgan fingerprint density at radius 3 is 3.04 bits per heavy atom.